The molecule has 0 amide bonds. The van der Waals surface area contributed by atoms with Crippen molar-refractivity contribution < 1.29 is 8.42 Å². The smallest absolute Gasteiger partial charge is 0.214 e. The normalized spacial score (nSPS) is 20.6. The lowest BCUT2D eigenvalue weighted by Crippen LogP contribution is -2.33. The van der Waals surface area contributed by atoms with Crippen LogP contribution >= 0.6 is 11.6 Å². The Morgan fingerprint density at radius 2 is 2.00 bits per heavy atom. The average Bonchev–Trinajstić information content (AvgIpc) is 2.82. The largest absolute Gasteiger partial charge is 0.225 e. The molecule has 0 aromatic rings. The molecule has 5 heteroatoms. The minimum absolute atomic E-state index is 0.207. The maximum atomic E-state index is 11.1. The molecule has 1 rings (SSSR count). The lowest BCUT2D eigenvalue weighted by molar-refractivity contribution is 0.358. The summed E-state index contributed by atoms with van der Waals surface area (Å²) in [6, 6.07) is 0. The number of sulfonamides is 1. The molecular formula is C8H16ClNO2S. The van der Waals surface area contributed by atoms with E-state index in [-0.39, 0.29) is 10.6 Å². The lowest BCUT2D eigenvalue weighted by Gasteiger charge is -2.19. The maximum absolute atomic E-state index is 11.1. The van der Waals surface area contributed by atoms with Crippen LogP contribution in [0, 0.1) is 11.3 Å². The van der Waals surface area contributed by atoms with E-state index in [1.165, 1.54) is 0 Å². The molecule has 0 heterocycles. The highest BCUT2D eigenvalue weighted by atomic mass is 35.5. The molecular weight excluding hydrogens is 210 g/mol. The first kappa shape index (κ1) is 11.3. The molecule has 0 saturated heterocycles. The van der Waals surface area contributed by atoms with Crippen LogP contribution in [0.4, 0.5) is 0 Å². The molecule has 1 fully saturated rings. The number of hydrogen-bond acceptors (Lipinski definition) is 2. The van der Waals surface area contributed by atoms with E-state index in [1.54, 1.807) is 0 Å². The van der Waals surface area contributed by atoms with Crippen molar-refractivity contribution in [1.29, 1.82) is 0 Å². The summed E-state index contributed by atoms with van der Waals surface area (Å²) in [5, 5.41) is -0.346. The van der Waals surface area contributed by atoms with Crippen molar-refractivity contribution in [3.63, 3.8) is 0 Å². The molecule has 0 aromatic carbocycles. The van der Waals surface area contributed by atoms with Gasteiger partial charge < -0.3 is 0 Å². The van der Waals surface area contributed by atoms with Gasteiger partial charge in [-0.3, -0.25) is 0 Å². The van der Waals surface area contributed by atoms with Crippen LogP contribution in [0.3, 0.4) is 0 Å². The third-order valence-electron chi connectivity index (χ3n) is 2.90. The Labute approximate surface area is 84.9 Å². The highest BCUT2D eigenvalue weighted by molar-refractivity contribution is 7.90. The molecule has 3 nitrogen and oxygen atoms in total. The van der Waals surface area contributed by atoms with E-state index in [0.717, 1.165) is 12.8 Å². The van der Waals surface area contributed by atoms with E-state index in [0.29, 0.717) is 12.5 Å². The van der Waals surface area contributed by atoms with E-state index >= 15 is 0 Å². The van der Waals surface area contributed by atoms with Crippen LogP contribution in [0.25, 0.3) is 0 Å². The van der Waals surface area contributed by atoms with E-state index < -0.39 is 10.0 Å². The first-order chi connectivity index (χ1) is 5.92. The number of rotatable bonds is 5. The Bertz CT molecular complexity index is 270. The third kappa shape index (κ3) is 2.82. The quantitative estimate of drug-likeness (QED) is 0.722. The number of hydrogen-bond donors (Lipinski definition) is 1. The van der Waals surface area contributed by atoms with Gasteiger partial charge in [-0.05, 0) is 24.2 Å². The molecule has 78 valence electrons. The molecule has 0 aromatic heterocycles. The predicted octanol–water partition coefficient (Wildman–Crippen LogP) is 1.54. The second kappa shape index (κ2) is 3.75. The van der Waals surface area contributed by atoms with Crippen LogP contribution in [0.15, 0.2) is 0 Å². The van der Waals surface area contributed by atoms with Gasteiger partial charge in [-0.15, -0.1) is 11.6 Å². The fourth-order valence-corrected chi connectivity index (χ4v) is 2.23. The fourth-order valence-electron chi connectivity index (χ4n) is 1.41. The Morgan fingerprint density at radius 1 is 1.46 bits per heavy atom. The second-order valence-corrected chi connectivity index (χ2v) is 6.45. The molecule has 0 aliphatic heterocycles. The lowest BCUT2D eigenvalue weighted by atomic mass is 9.93. The molecule has 1 N–H and O–H groups in total. The van der Waals surface area contributed by atoms with E-state index in [1.807, 2.05) is 0 Å². The van der Waals surface area contributed by atoms with Gasteiger partial charge in [0.2, 0.25) is 10.0 Å². The van der Waals surface area contributed by atoms with Gasteiger partial charge in [-0.2, -0.15) is 0 Å². The third-order valence-corrected chi connectivity index (χ3v) is 4.64. The first-order valence-corrected chi connectivity index (χ1v) is 6.64. The highest BCUT2D eigenvalue weighted by Crippen LogP contribution is 2.51. The van der Waals surface area contributed by atoms with Crippen molar-refractivity contribution in [1.82, 2.24) is 4.72 Å². The summed E-state index contributed by atoms with van der Waals surface area (Å²) in [5.74, 6) is 0.533. The molecule has 0 radical (unpaired) electrons. The Kier molecular flexibility index (Phi) is 3.25. The summed E-state index contributed by atoms with van der Waals surface area (Å²) in [4.78, 5) is 0. The molecule has 13 heavy (non-hydrogen) atoms. The van der Waals surface area contributed by atoms with Crippen LogP contribution in [0.5, 0.6) is 0 Å². The maximum Gasteiger partial charge on any atom is 0.225 e. The zero-order chi connectivity index (χ0) is 10.1. The Hall–Kier alpha value is 0.200. The average molecular weight is 226 g/mol. The van der Waals surface area contributed by atoms with Crippen LogP contribution in [0.2, 0.25) is 0 Å². The Morgan fingerprint density at radius 3 is 2.31 bits per heavy atom. The van der Waals surface area contributed by atoms with Gasteiger partial charge in [0, 0.05) is 6.54 Å². The van der Waals surface area contributed by atoms with Crippen LogP contribution < -0.4 is 4.72 Å². The fraction of sp³-hybridized carbons (Fsp3) is 1.00. The summed E-state index contributed by atoms with van der Waals surface area (Å²) in [6.07, 6.45) is 2.24. The van der Waals surface area contributed by atoms with Gasteiger partial charge in [0.25, 0.3) is 0 Å². The van der Waals surface area contributed by atoms with Crippen LogP contribution in [-0.4, -0.2) is 20.2 Å². The van der Waals surface area contributed by atoms with Crippen molar-refractivity contribution >= 4 is 21.6 Å². The molecule has 0 atom stereocenters. The highest BCUT2D eigenvalue weighted by Gasteiger charge is 2.45. The van der Waals surface area contributed by atoms with Gasteiger partial charge in [-0.25, -0.2) is 13.1 Å². The van der Waals surface area contributed by atoms with E-state index in [4.69, 9.17) is 11.6 Å². The van der Waals surface area contributed by atoms with Crippen molar-refractivity contribution in [2.75, 3.05) is 11.8 Å². The van der Waals surface area contributed by atoms with Gasteiger partial charge >= 0.3 is 0 Å². The van der Waals surface area contributed by atoms with E-state index in [9.17, 15) is 8.42 Å². The van der Waals surface area contributed by atoms with Crippen molar-refractivity contribution in [2.24, 2.45) is 11.3 Å². The number of alkyl halides is 1. The second-order valence-electron chi connectivity index (χ2n) is 4.06. The van der Waals surface area contributed by atoms with E-state index in [2.05, 4.69) is 18.6 Å². The molecule has 0 bridgehead atoms. The molecule has 1 aliphatic rings. The summed E-state index contributed by atoms with van der Waals surface area (Å²) in [6.45, 7) is 4.80. The standard InChI is InChI=1S/C8H16ClNO2S/c1-7(2)8(3-4-8)5-10-13(11,12)6-9/h7,10H,3-6H2,1-2H3. The minimum Gasteiger partial charge on any atom is -0.214 e. The van der Waals surface area contributed by atoms with Crippen molar-refractivity contribution in [3.8, 4) is 0 Å². The van der Waals surface area contributed by atoms with Gasteiger partial charge in [0.15, 0.2) is 0 Å². The monoisotopic (exact) mass is 225 g/mol. The van der Waals surface area contributed by atoms with Crippen molar-refractivity contribution in [3.05, 3.63) is 0 Å². The van der Waals surface area contributed by atoms with Crippen LogP contribution in [-0.2, 0) is 10.0 Å². The molecule has 1 saturated carbocycles. The summed E-state index contributed by atoms with van der Waals surface area (Å²) < 4.78 is 24.6. The molecule has 0 spiro atoms. The van der Waals surface area contributed by atoms with Gasteiger partial charge in [0.1, 0.15) is 5.21 Å². The summed E-state index contributed by atoms with van der Waals surface area (Å²) >= 11 is 5.27. The predicted molar refractivity (Wildman–Crippen MR) is 54.1 cm³/mol. The minimum atomic E-state index is -3.23. The first-order valence-electron chi connectivity index (χ1n) is 4.45. The zero-order valence-corrected chi connectivity index (χ0v) is 9.58. The topological polar surface area (TPSA) is 46.2 Å². The number of halogens is 1. The van der Waals surface area contributed by atoms with Gasteiger partial charge in [-0.1, -0.05) is 13.8 Å². The Balaban J connectivity index is 2.44. The summed E-state index contributed by atoms with van der Waals surface area (Å²) in [5.41, 5.74) is 0.207. The van der Waals surface area contributed by atoms with Gasteiger partial charge in [0.05, 0.1) is 0 Å². The molecule has 0 unspecified atom stereocenters. The van der Waals surface area contributed by atoms with Crippen molar-refractivity contribution in [2.45, 2.75) is 26.7 Å². The zero-order valence-electron chi connectivity index (χ0n) is 8.01. The van der Waals surface area contributed by atoms with Crippen LogP contribution in [0.1, 0.15) is 26.7 Å². The molecule has 1 aliphatic carbocycles. The SMILES string of the molecule is CC(C)C1(CNS(=O)(=O)CCl)CC1. The summed E-state index contributed by atoms with van der Waals surface area (Å²) in [7, 11) is -3.23. The number of nitrogens with one attached hydrogen (secondary N) is 1.